The van der Waals surface area contributed by atoms with E-state index in [9.17, 15) is 9.59 Å². The second kappa shape index (κ2) is 11.0. The number of nitrogens with zero attached hydrogens (tertiary/aromatic N) is 1. The number of ether oxygens (including phenoxy) is 1. The van der Waals surface area contributed by atoms with E-state index in [1.807, 2.05) is 32.0 Å². The van der Waals surface area contributed by atoms with Crippen molar-refractivity contribution >= 4 is 17.5 Å². The molecule has 0 saturated carbocycles. The van der Waals surface area contributed by atoms with Crippen LogP contribution in [0.1, 0.15) is 37.3 Å². The van der Waals surface area contributed by atoms with Gasteiger partial charge in [-0.1, -0.05) is 6.07 Å². The first kappa shape index (κ1) is 21.4. The Morgan fingerprint density at radius 1 is 1.19 bits per heavy atom. The molecule has 6 heteroatoms. The maximum Gasteiger partial charge on any atom is 0.238 e. The van der Waals surface area contributed by atoms with Gasteiger partial charge in [-0.2, -0.15) is 0 Å². The predicted octanol–water partition coefficient (Wildman–Crippen LogP) is 2.50. The van der Waals surface area contributed by atoms with Gasteiger partial charge >= 0.3 is 0 Å². The quantitative estimate of drug-likeness (QED) is 0.651. The lowest BCUT2D eigenvalue weighted by molar-refractivity contribution is -0.126. The van der Waals surface area contributed by atoms with Crippen molar-refractivity contribution in [2.45, 2.75) is 40.0 Å². The summed E-state index contributed by atoms with van der Waals surface area (Å²) in [5, 5.41) is 5.96. The van der Waals surface area contributed by atoms with Crippen LogP contribution in [0, 0.1) is 19.8 Å². The normalized spacial score (nSPS) is 15.5. The van der Waals surface area contributed by atoms with Crippen molar-refractivity contribution in [3.05, 3.63) is 29.3 Å². The Balaban J connectivity index is 1.66. The van der Waals surface area contributed by atoms with Crippen LogP contribution in [0.5, 0.6) is 0 Å². The highest BCUT2D eigenvalue weighted by atomic mass is 16.5. The van der Waals surface area contributed by atoms with E-state index in [1.54, 1.807) is 0 Å². The van der Waals surface area contributed by atoms with Crippen LogP contribution in [0.15, 0.2) is 18.2 Å². The summed E-state index contributed by atoms with van der Waals surface area (Å²) in [7, 11) is 0. The molecular formula is C21H33N3O3. The summed E-state index contributed by atoms with van der Waals surface area (Å²) in [5.41, 5.74) is 3.22. The van der Waals surface area contributed by atoms with Gasteiger partial charge in [0.25, 0.3) is 0 Å². The minimum absolute atomic E-state index is 0.00270. The lowest BCUT2D eigenvalue weighted by atomic mass is 9.96. The zero-order valence-corrected chi connectivity index (χ0v) is 16.8. The number of amides is 2. The number of rotatable bonds is 9. The minimum Gasteiger partial charge on any atom is -0.382 e. The summed E-state index contributed by atoms with van der Waals surface area (Å²) < 4.78 is 5.27. The maximum atomic E-state index is 12.3. The van der Waals surface area contributed by atoms with Gasteiger partial charge in [-0.3, -0.25) is 14.5 Å². The summed E-state index contributed by atoms with van der Waals surface area (Å²) in [5.74, 6) is 0.180. The zero-order valence-electron chi connectivity index (χ0n) is 16.8. The highest BCUT2D eigenvalue weighted by Gasteiger charge is 2.25. The molecule has 1 fully saturated rings. The van der Waals surface area contributed by atoms with Crippen molar-refractivity contribution in [2.75, 3.05) is 44.7 Å². The number of likely N-dealkylation sites (tertiary alicyclic amines) is 1. The first-order chi connectivity index (χ1) is 13.0. The molecule has 0 bridgehead atoms. The van der Waals surface area contributed by atoms with Gasteiger partial charge in [0.1, 0.15) is 0 Å². The Morgan fingerprint density at radius 3 is 2.59 bits per heavy atom. The van der Waals surface area contributed by atoms with Gasteiger partial charge in [0, 0.05) is 31.4 Å². The smallest absolute Gasteiger partial charge is 0.238 e. The van der Waals surface area contributed by atoms with Crippen molar-refractivity contribution in [3.63, 3.8) is 0 Å². The van der Waals surface area contributed by atoms with E-state index in [-0.39, 0.29) is 17.7 Å². The molecular weight excluding hydrogens is 342 g/mol. The molecule has 0 unspecified atom stereocenters. The molecule has 0 aromatic heterocycles. The number of carbonyl (C=O) groups is 2. The molecule has 0 aliphatic carbocycles. The third-order valence-corrected chi connectivity index (χ3v) is 5.09. The van der Waals surface area contributed by atoms with Crippen LogP contribution in [-0.4, -0.2) is 56.1 Å². The molecule has 1 aliphatic heterocycles. The molecule has 6 nitrogen and oxygen atoms in total. The number of hydrogen-bond donors (Lipinski definition) is 2. The largest absolute Gasteiger partial charge is 0.382 e. The fraction of sp³-hybridized carbons (Fsp3) is 0.619. The first-order valence-corrected chi connectivity index (χ1v) is 9.94. The number of nitrogens with one attached hydrogen (secondary N) is 2. The summed E-state index contributed by atoms with van der Waals surface area (Å²) in [6.07, 6.45) is 2.44. The van der Waals surface area contributed by atoms with Crippen molar-refractivity contribution in [1.82, 2.24) is 10.2 Å². The van der Waals surface area contributed by atoms with Crippen LogP contribution in [-0.2, 0) is 14.3 Å². The average Bonchev–Trinajstić information content (AvgIpc) is 2.65. The molecule has 1 aromatic carbocycles. The number of anilines is 1. The Kier molecular flexibility index (Phi) is 8.75. The van der Waals surface area contributed by atoms with Crippen LogP contribution in [0.3, 0.4) is 0 Å². The Hall–Kier alpha value is -1.92. The highest BCUT2D eigenvalue weighted by molar-refractivity contribution is 5.92. The van der Waals surface area contributed by atoms with E-state index >= 15 is 0 Å². The summed E-state index contributed by atoms with van der Waals surface area (Å²) in [6.45, 7) is 10.0. The van der Waals surface area contributed by atoms with Gasteiger partial charge in [-0.25, -0.2) is 0 Å². The van der Waals surface area contributed by atoms with Crippen LogP contribution in [0.2, 0.25) is 0 Å². The van der Waals surface area contributed by atoms with E-state index in [2.05, 4.69) is 22.5 Å². The Morgan fingerprint density at radius 2 is 1.93 bits per heavy atom. The molecule has 1 heterocycles. The summed E-state index contributed by atoms with van der Waals surface area (Å²) in [6, 6.07) is 5.95. The number of benzene rings is 1. The zero-order chi connectivity index (χ0) is 19.6. The van der Waals surface area contributed by atoms with Gasteiger partial charge in [-0.15, -0.1) is 0 Å². The molecule has 2 rings (SSSR count). The SMILES string of the molecule is CCOCCCNC(=O)C1CCN(CC(=O)Nc2ccc(C)c(C)c2)CC1. The number of aryl methyl sites for hydroxylation is 2. The van der Waals surface area contributed by atoms with E-state index in [1.165, 1.54) is 11.1 Å². The summed E-state index contributed by atoms with van der Waals surface area (Å²) in [4.78, 5) is 26.6. The van der Waals surface area contributed by atoms with Crippen molar-refractivity contribution in [1.29, 1.82) is 0 Å². The topological polar surface area (TPSA) is 70.7 Å². The van der Waals surface area contributed by atoms with Gasteiger partial charge in [-0.05, 0) is 76.4 Å². The molecule has 1 aromatic rings. The molecule has 1 aliphatic rings. The molecule has 2 N–H and O–H groups in total. The van der Waals surface area contributed by atoms with E-state index in [4.69, 9.17) is 4.74 Å². The fourth-order valence-corrected chi connectivity index (χ4v) is 3.25. The fourth-order valence-electron chi connectivity index (χ4n) is 3.25. The van der Waals surface area contributed by atoms with Gasteiger partial charge in [0.2, 0.25) is 11.8 Å². The van der Waals surface area contributed by atoms with E-state index in [0.29, 0.717) is 26.3 Å². The first-order valence-electron chi connectivity index (χ1n) is 9.94. The van der Waals surface area contributed by atoms with Gasteiger partial charge < -0.3 is 15.4 Å². The van der Waals surface area contributed by atoms with Crippen molar-refractivity contribution in [2.24, 2.45) is 5.92 Å². The Labute approximate surface area is 162 Å². The molecule has 0 atom stereocenters. The second-order valence-corrected chi connectivity index (χ2v) is 7.24. The molecule has 27 heavy (non-hydrogen) atoms. The average molecular weight is 376 g/mol. The number of piperidine rings is 1. The molecule has 0 spiro atoms. The molecule has 2 amide bonds. The number of hydrogen-bond acceptors (Lipinski definition) is 4. The van der Waals surface area contributed by atoms with Gasteiger partial charge in [0.05, 0.1) is 6.54 Å². The van der Waals surface area contributed by atoms with Crippen LogP contribution in [0.25, 0.3) is 0 Å². The highest BCUT2D eigenvalue weighted by Crippen LogP contribution is 2.18. The monoisotopic (exact) mass is 375 g/mol. The standard InChI is InChI=1S/C21H33N3O3/c1-4-27-13-5-10-22-21(26)18-8-11-24(12-9-18)15-20(25)23-19-7-6-16(2)17(3)14-19/h6-7,14,18H,4-5,8-13,15H2,1-3H3,(H,22,26)(H,23,25). The predicted molar refractivity (Wildman–Crippen MR) is 108 cm³/mol. The third-order valence-electron chi connectivity index (χ3n) is 5.09. The van der Waals surface area contributed by atoms with Crippen molar-refractivity contribution in [3.8, 4) is 0 Å². The lowest BCUT2D eigenvalue weighted by Gasteiger charge is -2.30. The van der Waals surface area contributed by atoms with Crippen LogP contribution >= 0.6 is 0 Å². The second-order valence-electron chi connectivity index (χ2n) is 7.24. The third kappa shape index (κ3) is 7.31. The maximum absolute atomic E-state index is 12.3. The van der Waals surface area contributed by atoms with Crippen LogP contribution in [0.4, 0.5) is 5.69 Å². The lowest BCUT2D eigenvalue weighted by Crippen LogP contribution is -2.43. The van der Waals surface area contributed by atoms with Crippen molar-refractivity contribution < 1.29 is 14.3 Å². The van der Waals surface area contributed by atoms with Crippen LogP contribution < -0.4 is 10.6 Å². The Bertz CT molecular complexity index is 625. The minimum atomic E-state index is -0.00270. The molecule has 150 valence electrons. The summed E-state index contributed by atoms with van der Waals surface area (Å²) >= 11 is 0. The number of carbonyl (C=O) groups excluding carboxylic acids is 2. The van der Waals surface area contributed by atoms with Gasteiger partial charge in [0.15, 0.2) is 0 Å². The van der Waals surface area contributed by atoms with E-state index in [0.717, 1.165) is 38.0 Å². The van der Waals surface area contributed by atoms with E-state index < -0.39 is 0 Å². The molecule has 0 radical (unpaired) electrons. The molecule has 1 saturated heterocycles.